The Kier molecular flexibility index (Phi) is 6.47. The Morgan fingerprint density at radius 1 is 1.34 bits per heavy atom. The molecule has 4 rings (SSSR count). The summed E-state index contributed by atoms with van der Waals surface area (Å²) in [6.45, 7) is 1.29. The standard InChI is InChI=1S/C23H21ClFN3O4/c24-22-15(10-26)2-1-3-20(22)31-12-14-4-6-28(7-5-14)23(30)17-8-19-21(9-18(17)25)32-13-16(29)11-27-19/h1-3,8-9,14,27H,4-7,11-13H2. The number of hydrogen-bond donors (Lipinski definition) is 1. The van der Waals surface area contributed by atoms with Crippen molar-refractivity contribution in [3.8, 4) is 17.6 Å². The summed E-state index contributed by atoms with van der Waals surface area (Å²) in [7, 11) is 0. The highest BCUT2D eigenvalue weighted by molar-refractivity contribution is 6.33. The number of hydrogen-bond acceptors (Lipinski definition) is 6. The van der Waals surface area contributed by atoms with Gasteiger partial charge in [0, 0.05) is 19.2 Å². The largest absolute Gasteiger partial charge is 0.492 e. The van der Waals surface area contributed by atoms with Crippen LogP contribution in [0.1, 0.15) is 28.8 Å². The highest BCUT2D eigenvalue weighted by Crippen LogP contribution is 2.32. The molecule has 166 valence electrons. The number of fused-ring (bicyclic) bond motifs is 1. The summed E-state index contributed by atoms with van der Waals surface area (Å²) >= 11 is 6.17. The average molecular weight is 458 g/mol. The Bertz CT molecular complexity index is 1090. The molecule has 1 N–H and O–H groups in total. The summed E-state index contributed by atoms with van der Waals surface area (Å²) in [5.74, 6) is -0.336. The lowest BCUT2D eigenvalue weighted by Crippen LogP contribution is -2.40. The third-order valence-corrected chi connectivity index (χ3v) is 6.01. The van der Waals surface area contributed by atoms with Crippen molar-refractivity contribution in [3.05, 3.63) is 52.3 Å². The first-order chi connectivity index (χ1) is 15.5. The number of anilines is 1. The van der Waals surface area contributed by atoms with Crippen LogP contribution in [0.3, 0.4) is 0 Å². The van der Waals surface area contributed by atoms with Crippen LogP contribution in [0.25, 0.3) is 0 Å². The molecule has 0 radical (unpaired) electrons. The van der Waals surface area contributed by atoms with Gasteiger partial charge in [0.1, 0.15) is 35.0 Å². The molecule has 7 nitrogen and oxygen atoms in total. The van der Waals surface area contributed by atoms with E-state index in [0.29, 0.717) is 54.6 Å². The van der Waals surface area contributed by atoms with E-state index in [1.54, 1.807) is 23.1 Å². The van der Waals surface area contributed by atoms with E-state index in [4.69, 9.17) is 26.3 Å². The minimum absolute atomic E-state index is 0.0519. The molecule has 0 spiro atoms. The molecule has 9 heteroatoms. The van der Waals surface area contributed by atoms with Gasteiger partial charge in [0.05, 0.1) is 30.0 Å². The van der Waals surface area contributed by atoms with Gasteiger partial charge in [-0.3, -0.25) is 9.59 Å². The van der Waals surface area contributed by atoms with Gasteiger partial charge in [-0.05, 0) is 37.0 Å². The Labute approximate surface area is 189 Å². The first kappa shape index (κ1) is 21.9. The van der Waals surface area contributed by atoms with Gasteiger partial charge < -0.3 is 19.7 Å². The number of amides is 1. The fraction of sp³-hybridized carbons (Fsp3) is 0.348. The van der Waals surface area contributed by atoms with Crippen molar-refractivity contribution in [1.29, 1.82) is 5.26 Å². The second-order valence-corrected chi connectivity index (χ2v) is 8.16. The average Bonchev–Trinajstić information content (AvgIpc) is 2.99. The van der Waals surface area contributed by atoms with E-state index >= 15 is 0 Å². The van der Waals surface area contributed by atoms with Gasteiger partial charge in [0.15, 0.2) is 5.78 Å². The number of rotatable bonds is 4. The van der Waals surface area contributed by atoms with Gasteiger partial charge in [-0.15, -0.1) is 0 Å². The van der Waals surface area contributed by atoms with Crippen molar-refractivity contribution in [2.24, 2.45) is 5.92 Å². The molecule has 0 aromatic heterocycles. The van der Waals surface area contributed by atoms with Crippen LogP contribution in [-0.2, 0) is 4.79 Å². The normalized spacial score (nSPS) is 16.3. The first-order valence-corrected chi connectivity index (χ1v) is 10.7. The number of nitriles is 1. The van der Waals surface area contributed by atoms with E-state index in [1.807, 2.05) is 6.07 Å². The molecule has 2 heterocycles. The summed E-state index contributed by atoms with van der Waals surface area (Å²) in [5.41, 5.74) is 0.737. The molecule has 2 aliphatic rings. The lowest BCUT2D eigenvalue weighted by Gasteiger charge is -2.32. The van der Waals surface area contributed by atoms with Crippen molar-refractivity contribution < 1.29 is 23.5 Å². The Balaban J connectivity index is 1.36. The van der Waals surface area contributed by atoms with Crippen LogP contribution in [0.5, 0.6) is 11.5 Å². The van der Waals surface area contributed by atoms with Crippen molar-refractivity contribution in [2.45, 2.75) is 12.8 Å². The van der Waals surface area contributed by atoms with Gasteiger partial charge in [-0.25, -0.2) is 4.39 Å². The maximum absolute atomic E-state index is 14.6. The van der Waals surface area contributed by atoms with Gasteiger partial charge >= 0.3 is 0 Å². The van der Waals surface area contributed by atoms with E-state index in [9.17, 15) is 14.0 Å². The second-order valence-electron chi connectivity index (χ2n) is 7.79. The van der Waals surface area contributed by atoms with Crippen LogP contribution in [0.4, 0.5) is 10.1 Å². The summed E-state index contributed by atoms with van der Waals surface area (Å²) in [6.07, 6.45) is 1.40. The summed E-state index contributed by atoms with van der Waals surface area (Å²) in [5, 5.41) is 12.3. The summed E-state index contributed by atoms with van der Waals surface area (Å²) in [4.78, 5) is 26.1. The minimum atomic E-state index is -0.678. The monoisotopic (exact) mass is 457 g/mol. The van der Waals surface area contributed by atoms with Crippen LogP contribution < -0.4 is 14.8 Å². The molecule has 1 fully saturated rings. The van der Waals surface area contributed by atoms with Crippen molar-refractivity contribution in [2.75, 3.05) is 38.2 Å². The van der Waals surface area contributed by atoms with Crippen molar-refractivity contribution >= 4 is 29.0 Å². The molecule has 2 aromatic rings. The number of benzene rings is 2. The number of piperidine rings is 1. The van der Waals surface area contributed by atoms with E-state index in [0.717, 1.165) is 6.07 Å². The van der Waals surface area contributed by atoms with Crippen LogP contribution in [0.2, 0.25) is 5.02 Å². The molecular weight excluding hydrogens is 437 g/mol. The zero-order chi connectivity index (χ0) is 22.7. The third-order valence-electron chi connectivity index (χ3n) is 5.62. The highest BCUT2D eigenvalue weighted by atomic mass is 35.5. The molecule has 2 aliphatic heterocycles. The number of Topliss-reactive ketones (excluding diaryl/α,β-unsaturated/α-hetero) is 1. The lowest BCUT2D eigenvalue weighted by atomic mass is 9.97. The molecular formula is C23H21ClFN3O4. The highest BCUT2D eigenvalue weighted by Gasteiger charge is 2.27. The van der Waals surface area contributed by atoms with E-state index in [2.05, 4.69) is 5.32 Å². The molecule has 0 unspecified atom stereocenters. The fourth-order valence-corrected chi connectivity index (χ4v) is 3.99. The Morgan fingerprint density at radius 3 is 2.88 bits per heavy atom. The van der Waals surface area contributed by atoms with Crippen LogP contribution in [0, 0.1) is 23.1 Å². The molecule has 1 saturated heterocycles. The topological polar surface area (TPSA) is 91.7 Å². The summed E-state index contributed by atoms with van der Waals surface area (Å²) in [6, 6.07) is 9.63. The van der Waals surface area contributed by atoms with Gasteiger partial charge in [-0.1, -0.05) is 17.7 Å². The number of nitrogens with one attached hydrogen (secondary N) is 1. The maximum Gasteiger partial charge on any atom is 0.256 e. The smallest absolute Gasteiger partial charge is 0.256 e. The van der Waals surface area contributed by atoms with E-state index in [-0.39, 0.29) is 36.2 Å². The molecule has 2 aromatic carbocycles. The number of likely N-dealkylation sites (tertiary alicyclic amines) is 1. The quantitative estimate of drug-likeness (QED) is 0.753. The maximum atomic E-state index is 14.6. The SMILES string of the molecule is N#Cc1cccc(OCC2CCN(C(=O)c3cc4c(cc3F)OCC(=O)CN4)CC2)c1Cl. The number of carbonyl (C=O) groups excluding carboxylic acids is 2. The number of halogens is 2. The van der Waals surface area contributed by atoms with Gasteiger partial charge in [-0.2, -0.15) is 5.26 Å². The van der Waals surface area contributed by atoms with E-state index in [1.165, 1.54) is 6.07 Å². The predicted octanol–water partition coefficient (Wildman–Crippen LogP) is 3.66. The Morgan fingerprint density at radius 2 is 2.12 bits per heavy atom. The molecule has 0 saturated carbocycles. The molecule has 1 amide bonds. The molecule has 0 aliphatic carbocycles. The molecule has 32 heavy (non-hydrogen) atoms. The van der Waals surface area contributed by atoms with Crippen LogP contribution >= 0.6 is 11.6 Å². The van der Waals surface area contributed by atoms with Gasteiger partial charge in [0.2, 0.25) is 0 Å². The van der Waals surface area contributed by atoms with Gasteiger partial charge in [0.25, 0.3) is 5.91 Å². The zero-order valence-electron chi connectivity index (χ0n) is 17.2. The van der Waals surface area contributed by atoms with Crippen LogP contribution in [-0.4, -0.2) is 49.4 Å². The molecule has 0 atom stereocenters. The Hall–Kier alpha value is -3.31. The molecule has 0 bridgehead atoms. The first-order valence-electron chi connectivity index (χ1n) is 10.3. The summed E-state index contributed by atoms with van der Waals surface area (Å²) < 4.78 is 25.7. The minimum Gasteiger partial charge on any atom is -0.492 e. The third kappa shape index (κ3) is 4.63. The van der Waals surface area contributed by atoms with Crippen molar-refractivity contribution in [1.82, 2.24) is 4.90 Å². The lowest BCUT2D eigenvalue weighted by molar-refractivity contribution is -0.119. The number of ketones is 1. The predicted molar refractivity (Wildman–Crippen MR) is 116 cm³/mol. The number of carbonyl (C=O) groups is 2. The van der Waals surface area contributed by atoms with Crippen LogP contribution in [0.15, 0.2) is 30.3 Å². The second kappa shape index (κ2) is 9.45. The fourth-order valence-electron chi connectivity index (χ4n) is 3.77. The zero-order valence-corrected chi connectivity index (χ0v) is 18.0. The number of ether oxygens (including phenoxy) is 2. The van der Waals surface area contributed by atoms with Crippen molar-refractivity contribution in [3.63, 3.8) is 0 Å². The number of nitrogens with zero attached hydrogens (tertiary/aromatic N) is 2. The van der Waals surface area contributed by atoms with E-state index < -0.39 is 11.7 Å².